The summed E-state index contributed by atoms with van der Waals surface area (Å²) in [5.41, 5.74) is 0.589. The number of hydrogen-bond donors (Lipinski definition) is 2. The molecule has 0 radical (unpaired) electrons. The number of hydrogen-bond acceptors (Lipinski definition) is 3. The number of halogens is 1. The van der Waals surface area contributed by atoms with E-state index in [9.17, 15) is 4.79 Å². The van der Waals surface area contributed by atoms with Crippen LogP contribution in [0.15, 0.2) is 16.7 Å². The quantitative estimate of drug-likeness (QED) is 0.910. The van der Waals surface area contributed by atoms with Crippen molar-refractivity contribution in [2.75, 3.05) is 5.32 Å². The Morgan fingerprint density at radius 2 is 2.39 bits per heavy atom. The SMILES string of the molecule is CCCn1cc(Br)cc1C(=O)Nc1n[nH]c(C)n1. The Labute approximate surface area is 113 Å². The van der Waals surface area contributed by atoms with Gasteiger partial charge in [0.05, 0.1) is 0 Å². The lowest BCUT2D eigenvalue weighted by molar-refractivity contribution is 0.101. The second kappa shape index (κ2) is 5.34. The summed E-state index contributed by atoms with van der Waals surface area (Å²) in [7, 11) is 0. The van der Waals surface area contributed by atoms with Crippen molar-refractivity contribution in [1.29, 1.82) is 0 Å². The molecule has 0 aliphatic carbocycles. The number of rotatable bonds is 4. The molecule has 18 heavy (non-hydrogen) atoms. The largest absolute Gasteiger partial charge is 0.342 e. The molecule has 0 aliphatic rings. The second-order valence-corrected chi connectivity index (χ2v) is 4.85. The molecule has 0 atom stereocenters. The second-order valence-electron chi connectivity index (χ2n) is 3.94. The highest BCUT2D eigenvalue weighted by molar-refractivity contribution is 9.10. The fourth-order valence-corrected chi connectivity index (χ4v) is 2.12. The first-order chi connectivity index (χ1) is 8.60. The Morgan fingerprint density at radius 1 is 1.61 bits per heavy atom. The predicted molar refractivity (Wildman–Crippen MR) is 71.5 cm³/mol. The summed E-state index contributed by atoms with van der Waals surface area (Å²) < 4.78 is 2.78. The smallest absolute Gasteiger partial charge is 0.274 e. The topological polar surface area (TPSA) is 75.6 Å². The Bertz CT molecular complexity index is 560. The lowest BCUT2D eigenvalue weighted by Crippen LogP contribution is -2.17. The summed E-state index contributed by atoms with van der Waals surface area (Å²) in [6.45, 7) is 4.63. The Hall–Kier alpha value is -1.63. The van der Waals surface area contributed by atoms with Gasteiger partial charge in [-0.3, -0.25) is 15.2 Å². The van der Waals surface area contributed by atoms with Gasteiger partial charge in [-0.1, -0.05) is 6.92 Å². The van der Waals surface area contributed by atoms with Gasteiger partial charge in [-0.25, -0.2) is 0 Å². The summed E-state index contributed by atoms with van der Waals surface area (Å²) in [6, 6.07) is 1.78. The van der Waals surface area contributed by atoms with Crippen LogP contribution >= 0.6 is 15.9 Å². The minimum Gasteiger partial charge on any atom is -0.342 e. The molecule has 0 aliphatic heterocycles. The van der Waals surface area contributed by atoms with E-state index in [-0.39, 0.29) is 11.9 Å². The van der Waals surface area contributed by atoms with Gasteiger partial charge < -0.3 is 4.57 Å². The van der Waals surface area contributed by atoms with Crippen molar-refractivity contribution < 1.29 is 4.79 Å². The van der Waals surface area contributed by atoms with Crippen LogP contribution in [-0.2, 0) is 6.54 Å². The van der Waals surface area contributed by atoms with Crippen molar-refractivity contribution in [2.45, 2.75) is 26.8 Å². The molecule has 7 heteroatoms. The van der Waals surface area contributed by atoms with Gasteiger partial charge in [0, 0.05) is 17.2 Å². The van der Waals surface area contributed by atoms with Crippen LogP contribution in [0.5, 0.6) is 0 Å². The summed E-state index contributed by atoms with van der Waals surface area (Å²) >= 11 is 3.37. The van der Waals surface area contributed by atoms with Crippen LogP contribution in [0, 0.1) is 6.92 Å². The first-order valence-corrected chi connectivity index (χ1v) is 6.45. The number of aromatic amines is 1. The van der Waals surface area contributed by atoms with E-state index in [0.29, 0.717) is 11.5 Å². The predicted octanol–water partition coefficient (Wildman–Crippen LogP) is 2.34. The van der Waals surface area contributed by atoms with Crippen molar-refractivity contribution in [3.63, 3.8) is 0 Å². The van der Waals surface area contributed by atoms with Gasteiger partial charge in [0.15, 0.2) is 0 Å². The molecule has 6 nitrogen and oxygen atoms in total. The van der Waals surface area contributed by atoms with Crippen molar-refractivity contribution in [3.8, 4) is 0 Å². The van der Waals surface area contributed by atoms with Crippen LogP contribution in [-0.4, -0.2) is 25.7 Å². The molecule has 0 fully saturated rings. The zero-order valence-electron chi connectivity index (χ0n) is 10.2. The third-order valence-electron chi connectivity index (χ3n) is 2.38. The number of carbonyl (C=O) groups excluding carboxylic acids is 1. The van der Waals surface area contributed by atoms with E-state index >= 15 is 0 Å². The lowest BCUT2D eigenvalue weighted by Gasteiger charge is -2.06. The van der Waals surface area contributed by atoms with Crippen molar-refractivity contribution >= 4 is 27.8 Å². The highest BCUT2D eigenvalue weighted by Gasteiger charge is 2.14. The molecule has 2 N–H and O–H groups in total. The molecule has 0 bridgehead atoms. The van der Waals surface area contributed by atoms with Crippen LogP contribution in [0.25, 0.3) is 0 Å². The Balaban J connectivity index is 2.17. The molecule has 0 saturated carbocycles. The number of aromatic nitrogens is 4. The van der Waals surface area contributed by atoms with Gasteiger partial charge in [0.1, 0.15) is 11.5 Å². The number of aryl methyl sites for hydroxylation is 2. The first kappa shape index (κ1) is 12.8. The Kier molecular flexibility index (Phi) is 3.81. The fourth-order valence-electron chi connectivity index (χ4n) is 1.66. The average molecular weight is 312 g/mol. The summed E-state index contributed by atoms with van der Waals surface area (Å²) in [5.74, 6) is 0.737. The molecule has 96 valence electrons. The lowest BCUT2D eigenvalue weighted by atomic mass is 10.4. The van der Waals surface area contributed by atoms with E-state index in [4.69, 9.17) is 0 Å². The minimum atomic E-state index is -0.215. The zero-order valence-corrected chi connectivity index (χ0v) is 11.8. The normalized spacial score (nSPS) is 10.6. The van der Waals surface area contributed by atoms with Crippen LogP contribution < -0.4 is 5.32 Å². The monoisotopic (exact) mass is 311 g/mol. The molecule has 0 unspecified atom stereocenters. The summed E-state index contributed by atoms with van der Waals surface area (Å²) in [5, 5.41) is 9.21. The molecule has 1 amide bonds. The van der Waals surface area contributed by atoms with Gasteiger partial charge in [-0.05, 0) is 35.3 Å². The number of nitrogens with zero attached hydrogens (tertiary/aromatic N) is 3. The van der Waals surface area contributed by atoms with Crippen LogP contribution in [0.1, 0.15) is 29.7 Å². The first-order valence-electron chi connectivity index (χ1n) is 5.66. The van der Waals surface area contributed by atoms with Crippen molar-refractivity contribution in [3.05, 3.63) is 28.3 Å². The van der Waals surface area contributed by atoms with Gasteiger partial charge >= 0.3 is 0 Å². The molecule has 0 aromatic carbocycles. The maximum atomic E-state index is 12.1. The van der Waals surface area contributed by atoms with E-state index in [0.717, 1.165) is 17.4 Å². The van der Waals surface area contributed by atoms with E-state index in [1.807, 2.05) is 10.8 Å². The minimum absolute atomic E-state index is 0.215. The average Bonchev–Trinajstić information content (AvgIpc) is 2.86. The third kappa shape index (κ3) is 2.79. The third-order valence-corrected chi connectivity index (χ3v) is 2.82. The van der Waals surface area contributed by atoms with Gasteiger partial charge in [0.25, 0.3) is 5.91 Å². The van der Waals surface area contributed by atoms with E-state index in [1.54, 1.807) is 13.0 Å². The number of amides is 1. The zero-order chi connectivity index (χ0) is 13.1. The number of anilines is 1. The van der Waals surface area contributed by atoms with E-state index in [2.05, 4.69) is 43.4 Å². The molecular formula is C11H14BrN5O. The van der Waals surface area contributed by atoms with Crippen LogP contribution in [0.4, 0.5) is 5.95 Å². The van der Waals surface area contributed by atoms with Crippen molar-refractivity contribution in [2.24, 2.45) is 0 Å². The van der Waals surface area contributed by atoms with Gasteiger partial charge in [-0.2, -0.15) is 4.98 Å². The summed E-state index contributed by atoms with van der Waals surface area (Å²) in [4.78, 5) is 16.1. The number of H-pyrrole nitrogens is 1. The molecule has 0 saturated heterocycles. The van der Waals surface area contributed by atoms with E-state index in [1.165, 1.54) is 0 Å². The molecule has 2 heterocycles. The number of carbonyl (C=O) groups is 1. The van der Waals surface area contributed by atoms with Gasteiger partial charge in [0.2, 0.25) is 5.95 Å². The molecule has 2 aromatic heterocycles. The van der Waals surface area contributed by atoms with E-state index < -0.39 is 0 Å². The maximum Gasteiger partial charge on any atom is 0.274 e. The molecule has 2 aromatic rings. The van der Waals surface area contributed by atoms with Crippen LogP contribution in [0.2, 0.25) is 0 Å². The fraction of sp³-hybridized carbons (Fsp3) is 0.364. The number of nitrogens with one attached hydrogen (secondary N) is 2. The summed E-state index contributed by atoms with van der Waals surface area (Å²) in [6.07, 6.45) is 2.85. The molecule has 2 rings (SSSR count). The molecular weight excluding hydrogens is 298 g/mol. The standard InChI is InChI=1S/C11H14BrN5O/c1-3-4-17-6-8(12)5-9(17)10(18)14-11-13-7(2)15-16-11/h5-6H,3-4H2,1-2H3,(H2,13,14,15,16,18). The van der Waals surface area contributed by atoms with Gasteiger partial charge in [-0.15, -0.1) is 5.10 Å². The highest BCUT2D eigenvalue weighted by Crippen LogP contribution is 2.16. The highest BCUT2D eigenvalue weighted by atomic mass is 79.9. The molecule has 0 spiro atoms. The van der Waals surface area contributed by atoms with Crippen molar-refractivity contribution in [1.82, 2.24) is 19.7 Å². The maximum absolute atomic E-state index is 12.1. The Morgan fingerprint density at radius 3 is 3.00 bits per heavy atom. The van der Waals surface area contributed by atoms with Crippen LogP contribution in [0.3, 0.4) is 0 Å².